The smallest absolute Gasteiger partial charge is 0.471 e. The number of carbonyl (C=O) groups is 2. The van der Waals surface area contributed by atoms with Crippen LogP contribution in [0.5, 0.6) is 5.75 Å². The first-order valence-corrected chi connectivity index (χ1v) is 8.77. The average Bonchev–Trinajstić information content (AvgIpc) is 2.58. The van der Waals surface area contributed by atoms with E-state index in [9.17, 15) is 22.8 Å². The minimum Gasteiger partial charge on any atom is -0.483 e. The molecule has 0 bridgehead atoms. The number of benzene rings is 1. The molecule has 1 aliphatic heterocycles. The Kier molecular flexibility index (Phi) is 6.07. The van der Waals surface area contributed by atoms with Crippen molar-refractivity contribution in [2.45, 2.75) is 39.3 Å². The molecular formula is C19H25F3N2O3. The molecule has 2 amide bonds. The van der Waals surface area contributed by atoms with Gasteiger partial charge in [0.15, 0.2) is 6.61 Å². The number of alkyl halides is 3. The van der Waals surface area contributed by atoms with Crippen molar-refractivity contribution >= 4 is 11.8 Å². The van der Waals surface area contributed by atoms with E-state index in [1.165, 1.54) is 4.90 Å². The molecule has 1 saturated heterocycles. The first-order valence-electron chi connectivity index (χ1n) is 8.77. The van der Waals surface area contributed by atoms with Gasteiger partial charge in [-0.2, -0.15) is 13.2 Å². The quantitative estimate of drug-likeness (QED) is 0.803. The molecule has 2 rings (SSSR count). The van der Waals surface area contributed by atoms with E-state index in [1.54, 1.807) is 0 Å². The first kappa shape index (κ1) is 21.1. The second-order valence-electron chi connectivity index (χ2n) is 7.71. The zero-order valence-corrected chi connectivity index (χ0v) is 16.0. The number of rotatable bonds is 3. The van der Waals surface area contributed by atoms with Gasteiger partial charge in [-0.3, -0.25) is 9.59 Å². The molecule has 1 aliphatic rings. The van der Waals surface area contributed by atoms with Gasteiger partial charge in [0.25, 0.3) is 5.91 Å². The van der Waals surface area contributed by atoms with Crippen LogP contribution in [0.25, 0.3) is 0 Å². The molecule has 0 saturated carbocycles. The third-order valence-electron chi connectivity index (χ3n) is 4.46. The fourth-order valence-electron chi connectivity index (χ4n) is 2.92. The van der Waals surface area contributed by atoms with E-state index in [1.807, 2.05) is 45.9 Å². The lowest BCUT2D eigenvalue weighted by Gasteiger charge is -2.35. The van der Waals surface area contributed by atoms with E-state index in [4.69, 9.17) is 4.74 Å². The molecule has 0 aromatic heterocycles. The Morgan fingerprint density at radius 2 is 1.59 bits per heavy atom. The van der Waals surface area contributed by atoms with Crippen LogP contribution >= 0.6 is 0 Å². The number of aryl methyl sites for hydroxylation is 1. The van der Waals surface area contributed by atoms with Gasteiger partial charge < -0.3 is 14.5 Å². The second-order valence-corrected chi connectivity index (χ2v) is 7.71. The standard InChI is InChI=1S/C19H25F3N2O3/c1-13-5-6-15(14(11-13)18(2,3)4)27-12-16(25)23-7-9-24(10-8-23)17(26)19(20,21)22/h5-6,11H,7-10,12H2,1-4H3. The maximum absolute atomic E-state index is 12.5. The Hall–Kier alpha value is -2.25. The minimum absolute atomic E-state index is 0.0596. The van der Waals surface area contributed by atoms with Crippen LogP contribution in [0.3, 0.4) is 0 Å². The third-order valence-corrected chi connectivity index (χ3v) is 4.46. The fraction of sp³-hybridized carbons (Fsp3) is 0.579. The summed E-state index contributed by atoms with van der Waals surface area (Å²) in [6.07, 6.45) is -4.88. The van der Waals surface area contributed by atoms with Crippen LogP contribution < -0.4 is 4.74 Å². The van der Waals surface area contributed by atoms with Crippen molar-refractivity contribution in [1.29, 1.82) is 0 Å². The molecular weight excluding hydrogens is 361 g/mol. The van der Waals surface area contributed by atoms with Gasteiger partial charge in [-0.15, -0.1) is 0 Å². The van der Waals surface area contributed by atoms with Gasteiger partial charge in [0.2, 0.25) is 0 Å². The van der Waals surface area contributed by atoms with E-state index in [0.717, 1.165) is 16.0 Å². The normalized spacial score (nSPS) is 15.7. The highest BCUT2D eigenvalue weighted by molar-refractivity contribution is 5.82. The van der Waals surface area contributed by atoms with Crippen LogP contribution in [-0.4, -0.2) is 60.6 Å². The second kappa shape index (κ2) is 7.78. The van der Waals surface area contributed by atoms with Gasteiger partial charge in [-0.05, 0) is 24.0 Å². The van der Waals surface area contributed by atoms with Crippen molar-refractivity contribution in [3.05, 3.63) is 29.3 Å². The number of amides is 2. The van der Waals surface area contributed by atoms with Crippen LogP contribution in [0.2, 0.25) is 0 Å². The molecule has 0 spiro atoms. The highest BCUT2D eigenvalue weighted by Crippen LogP contribution is 2.32. The molecule has 0 N–H and O–H groups in total. The lowest BCUT2D eigenvalue weighted by atomic mass is 9.85. The van der Waals surface area contributed by atoms with E-state index >= 15 is 0 Å². The van der Waals surface area contributed by atoms with E-state index < -0.39 is 12.1 Å². The molecule has 1 aromatic rings. The molecule has 8 heteroatoms. The first-order chi connectivity index (χ1) is 12.4. The summed E-state index contributed by atoms with van der Waals surface area (Å²) < 4.78 is 43.1. The number of carbonyl (C=O) groups excluding carboxylic acids is 2. The van der Waals surface area contributed by atoms with Gasteiger partial charge in [0.05, 0.1) is 0 Å². The van der Waals surface area contributed by atoms with Crippen molar-refractivity contribution in [1.82, 2.24) is 9.80 Å². The predicted molar refractivity (Wildman–Crippen MR) is 94.6 cm³/mol. The molecule has 5 nitrogen and oxygen atoms in total. The fourth-order valence-corrected chi connectivity index (χ4v) is 2.92. The monoisotopic (exact) mass is 386 g/mol. The number of hydrogen-bond acceptors (Lipinski definition) is 3. The SMILES string of the molecule is Cc1ccc(OCC(=O)N2CCN(C(=O)C(F)(F)F)CC2)c(C(C)(C)C)c1. The van der Waals surface area contributed by atoms with Crippen LogP contribution in [-0.2, 0) is 15.0 Å². The van der Waals surface area contributed by atoms with Crippen LogP contribution in [0.4, 0.5) is 13.2 Å². The van der Waals surface area contributed by atoms with Crippen molar-refractivity contribution in [2.75, 3.05) is 32.8 Å². The number of piperazine rings is 1. The van der Waals surface area contributed by atoms with E-state index in [2.05, 4.69) is 0 Å². The molecule has 27 heavy (non-hydrogen) atoms. The molecule has 1 heterocycles. The Morgan fingerprint density at radius 1 is 1.04 bits per heavy atom. The number of nitrogens with zero attached hydrogens (tertiary/aromatic N) is 2. The zero-order chi connectivity index (χ0) is 20.4. The average molecular weight is 386 g/mol. The lowest BCUT2D eigenvalue weighted by molar-refractivity contribution is -0.187. The summed E-state index contributed by atoms with van der Waals surface area (Å²) in [6.45, 7) is 7.77. The van der Waals surface area contributed by atoms with Crippen molar-refractivity contribution < 1.29 is 27.5 Å². The molecule has 0 aliphatic carbocycles. The third kappa shape index (κ3) is 5.37. The van der Waals surface area contributed by atoms with Crippen LogP contribution in [0, 0.1) is 6.92 Å². The van der Waals surface area contributed by atoms with Gasteiger partial charge in [-0.25, -0.2) is 0 Å². The van der Waals surface area contributed by atoms with Crippen molar-refractivity contribution in [2.24, 2.45) is 0 Å². The van der Waals surface area contributed by atoms with Crippen molar-refractivity contribution in [3.63, 3.8) is 0 Å². The largest absolute Gasteiger partial charge is 0.483 e. The summed E-state index contributed by atoms with van der Waals surface area (Å²) in [4.78, 5) is 25.7. The summed E-state index contributed by atoms with van der Waals surface area (Å²) in [7, 11) is 0. The maximum atomic E-state index is 12.5. The van der Waals surface area contributed by atoms with Crippen LogP contribution in [0.15, 0.2) is 18.2 Å². The molecule has 150 valence electrons. The number of ether oxygens (including phenoxy) is 1. The van der Waals surface area contributed by atoms with Crippen molar-refractivity contribution in [3.8, 4) is 5.75 Å². The Morgan fingerprint density at radius 3 is 2.11 bits per heavy atom. The Bertz CT molecular complexity index is 703. The summed E-state index contributed by atoms with van der Waals surface area (Å²) in [6, 6.07) is 5.74. The van der Waals surface area contributed by atoms with Gasteiger partial charge in [0, 0.05) is 26.2 Å². The summed E-state index contributed by atoms with van der Waals surface area (Å²) in [5, 5.41) is 0. The zero-order valence-electron chi connectivity index (χ0n) is 16.0. The Balaban J connectivity index is 1.94. The minimum atomic E-state index is -4.88. The van der Waals surface area contributed by atoms with E-state index in [-0.39, 0.29) is 44.1 Å². The van der Waals surface area contributed by atoms with E-state index in [0.29, 0.717) is 5.75 Å². The molecule has 1 aromatic carbocycles. The number of hydrogen-bond donors (Lipinski definition) is 0. The highest BCUT2D eigenvalue weighted by Gasteiger charge is 2.43. The molecule has 0 atom stereocenters. The van der Waals surface area contributed by atoms with Gasteiger partial charge >= 0.3 is 12.1 Å². The lowest BCUT2D eigenvalue weighted by Crippen LogP contribution is -2.54. The maximum Gasteiger partial charge on any atom is 0.471 e. The summed E-state index contributed by atoms with van der Waals surface area (Å²) in [5.74, 6) is -1.55. The molecule has 1 fully saturated rings. The van der Waals surface area contributed by atoms with Gasteiger partial charge in [0.1, 0.15) is 5.75 Å². The summed E-state index contributed by atoms with van der Waals surface area (Å²) in [5.41, 5.74) is 1.91. The Labute approximate surface area is 157 Å². The predicted octanol–water partition coefficient (Wildman–Crippen LogP) is 2.90. The summed E-state index contributed by atoms with van der Waals surface area (Å²) >= 11 is 0. The highest BCUT2D eigenvalue weighted by atomic mass is 19.4. The number of halogens is 3. The topological polar surface area (TPSA) is 49.9 Å². The molecule has 0 unspecified atom stereocenters. The van der Waals surface area contributed by atoms with Crippen LogP contribution in [0.1, 0.15) is 31.9 Å². The molecule has 0 radical (unpaired) electrons. The van der Waals surface area contributed by atoms with Gasteiger partial charge in [-0.1, -0.05) is 38.5 Å².